The maximum Gasteiger partial charge on any atom is 1.00 e. The molecule has 0 saturated carbocycles. The Hall–Kier alpha value is -0.570. The van der Waals surface area contributed by atoms with Crippen LogP contribution in [-0.4, -0.2) is 6.21 Å². The van der Waals surface area contributed by atoms with E-state index in [-0.39, 0.29) is 31.0 Å². The summed E-state index contributed by atoms with van der Waals surface area (Å²) in [5.74, 6) is 0. The first-order chi connectivity index (χ1) is 5.47. The average Bonchev–Trinajstić information content (AvgIpc) is 2.28. The first-order valence-corrected chi connectivity index (χ1v) is 3.50. The van der Waals surface area contributed by atoms with Crippen LogP contribution in [0.5, 0.6) is 0 Å². The number of rotatable bonds is 0. The minimum Gasteiger partial charge on any atom is -1.00 e. The zero-order chi connectivity index (χ0) is 7.52. The zero-order valence-electron chi connectivity index (χ0n) is 7.99. The van der Waals surface area contributed by atoms with Gasteiger partial charge in [0.1, 0.15) is 0 Å². The number of hydrogen-bond donors (Lipinski definition) is 1. The van der Waals surface area contributed by atoms with Gasteiger partial charge in [-0.05, 0) is 6.07 Å². The number of hydrogen-bond acceptors (Lipinski definition) is 2. The summed E-state index contributed by atoms with van der Waals surface area (Å²) >= 11 is 0. The van der Waals surface area contributed by atoms with Crippen LogP contribution in [0.3, 0.4) is 0 Å². The molecule has 1 aromatic rings. The molecular weight excluding hydrogens is 159 g/mol. The summed E-state index contributed by atoms with van der Waals surface area (Å²) in [6, 6.07) is 8.05. The largest absolute Gasteiger partial charge is 1.00 e. The van der Waals surface area contributed by atoms with Crippen LogP contribution in [0.15, 0.2) is 41.7 Å². The molecule has 0 unspecified atom stereocenters. The van der Waals surface area contributed by atoms with Crippen molar-refractivity contribution in [2.75, 3.05) is 5.32 Å². The van der Waals surface area contributed by atoms with Crippen LogP contribution in [-0.2, 0) is 0 Å². The van der Waals surface area contributed by atoms with E-state index in [0.717, 1.165) is 11.3 Å². The number of anilines is 1. The molecule has 12 heavy (non-hydrogen) atoms. The van der Waals surface area contributed by atoms with E-state index in [4.69, 9.17) is 0 Å². The Labute approximate surface area is 95.2 Å². The Morgan fingerprint density at radius 1 is 1.25 bits per heavy atom. The van der Waals surface area contributed by atoms with Crippen molar-refractivity contribution in [1.82, 2.24) is 0 Å². The fraction of sp³-hybridized carbons (Fsp3) is 0. The van der Waals surface area contributed by atoms with Gasteiger partial charge in [-0.3, -0.25) is 4.99 Å². The zero-order valence-corrected chi connectivity index (χ0v) is 8.99. The molecule has 2 nitrogen and oxygen atoms in total. The maximum atomic E-state index is 4.04. The summed E-state index contributed by atoms with van der Waals surface area (Å²) in [4.78, 5) is 4.04. The van der Waals surface area contributed by atoms with Crippen molar-refractivity contribution < 1.29 is 31.0 Å². The Kier molecular flexibility index (Phi) is 3.53. The summed E-state index contributed by atoms with van der Waals surface area (Å²) in [7, 11) is 0. The Morgan fingerprint density at radius 2 is 2.08 bits per heavy atom. The van der Waals surface area contributed by atoms with Gasteiger partial charge in [0.25, 0.3) is 0 Å². The number of benzene rings is 1. The van der Waals surface area contributed by atoms with Crippen LogP contribution in [0.1, 0.15) is 6.99 Å². The topological polar surface area (TPSA) is 24.4 Å². The summed E-state index contributed by atoms with van der Waals surface area (Å²) in [5.41, 5.74) is 2.22. The van der Waals surface area contributed by atoms with Crippen molar-refractivity contribution >= 4 is 11.9 Å². The second-order valence-corrected chi connectivity index (χ2v) is 2.33. The van der Waals surface area contributed by atoms with Crippen LogP contribution < -0.4 is 34.9 Å². The number of fused-ring (bicyclic) bond motifs is 1. The first-order valence-electron chi connectivity index (χ1n) is 3.50. The molecule has 0 saturated heterocycles. The second-order valence-electron chi connectivity index (χ2n) is 2.33. The molecule has 1 aromatic carbocycles. The van der Waals surface area contributed by atoms with Crippen molar-refractivity contribution in [3.63, 3.8) is 0 Å². The molecule has 0 radical (unpaired) electrons. The Balaban J connectivity index is 0.000000720. The minimum atomic E-state index is 0. The summed E-state index contributed by atoms with van der Waals surface area (Å²) < 4.78 is 0. The van der Waals surface area contributed by atoms with Crippen molar-refractivity contribution in [1.29, 1.82) is 0 Å². The smallest absolute Gasteiger partial charge is 1.00 e. The SMILES string of the molecule is C1=CNc2ccccc2C=N1.[H-].[Na+]. The predicted octanol–water partition coefficient (Wildman–Crippen LogP) is -0.881. The third-order valence-electron chi connectivity index (χ3n) is 1.57. The maximum absolute atomic E-state index is 4.04. The van der Waals surface area contributed by atoms with Crippen LogP contribution in [0, 0.1) is 0 Å². The molecule has 1 aliphatic heterocycles. The molecular formula is C9H9N2Na. The average molecular weight is 168 g/mol. The molecule has 1 aliphatic rings. The molecule has 0 aromatic heterocycles. The van der Waals surface area contributed by atoms with E-state index < -0.39 is 0 Å². The summed E-state index contributed by atoms with van der Waals surface area (Å²) in [6.07, 6.45) is 5.40. The molecule has 0 bridgehead atoms. The van der Waals surface area contributed by atoms with E-state index in [2.05, 4.69) is 10.3 Å². The van der Waals surface area contributed by atoms with Gasteiger partial charge in [-0.1, -0.05) is 18.2 Å². The Morgan fingerprint density at radius 3 is 3.00 bits per heavy atom. The molecule has 3 heteroatoms. The van der Waals surface area contributed by atoms with Gasteiger partial charge in [0.2, 0.25) is 0 Å². The monoisotopic (exact) mass is 168 g/mol. The molecule has 0 atom stereocenters. The van der Waals surface area contributed by atoms with Gasteiger partial charge in [0.05, 0.1) is 0 Å². The van der Waals surface area contributed by atoms with Crippen LogP contribution >= 0.6 is 0 Å². The molecule has 1 N–H and O–H groups in total. The van der Waals surface area contributed by atoms with Gasteiger partial charge in [-0.25, -0.2) is 0 Å². The number of nitrogens with one attached hydrogen (secondary N) is 1. The van der Waals surface area contributed by atoms with Crippen molar-refractivity contribution in [3.05, 3.63) is 42.2 Å². The minimum absolute atomic E-state index is 0. The fourth-order valence-electron chi connectivity index (χ4n) is 1.03. The van der Waals surface area contributed by atoms with Crippen LogP contribution in [0.2, 0.25) is 0 Å². The van der Waals surface area contributed by atoms with Gasteiger partial charge in [-0.15, -0.1) is 0 Å². The number of aliphatic imine (C=N–C) groups is 1. The fourth-order valence-corrected chi connectivity index (χ4v) is 1.03. The normalized spacial score (nSPS) is 12.3. The molecule has 0 spiro atoms. The molecule has 56 valence electrons. The third-order valence-corrected chi connectivity index (χ3v) is 1.57. The van der Waals surface area contributed by atoms with E-state index in [0.29, 0.717) is 0 Å². The van der Waals surface area contributed by atoms with E-state index in [9.17, 15) is 0 Å². The van der Waals surface area contributed by atoms with Crippen LogP contribution in [0.25, 0.3) is 0 Å². The van der Waals surface area contributed by atoms with Crippen molar-refractivity contribution in [2.24, 2.45) is 4.99 Å². The van der Waals surface area contributed by atoms with Gasteiger partial charge >= 0.3 is 29.6 Å². The standard InChI is InChI=1S/C9H8N2.Na.H/c1-2-4-9-8(3-1)7-10-5-6-11-9;;/h1-7,11H;;/q;+1;-1. The van der Waals surface area contributed by atoms with E-state index in [1.165, 1.54) is 0 Å². The molecule has 0 amide bonds. The van der Waals surface area contributed by atoms with Gasteiger partial charge in [0, 0.05) is 29.9 Å². The molecule has 0 aliphatic carbocycles. The van der Waals surface area contributed by atoms with E-state index >= 15 is 0 Å². The van der Waals surface area contributed by atoms with Crippen LogP contribution in [0.4, 0.5) is 5.69 Å². The van der Waals surface area contributed by atoms with E-state index in [1.807, 2.05) is 36.7 Å². The molecule has 2 rings (SSSR count). The van der Waals surface area contributed by atoms with Gasteiger partial charge < -0.3 is 6.74 Å². The second kappa shape index (κ2) is 4.45. The Bertz CT molecular complexity index is 323. The number of para-hydroxylation sites is 1. The predicted molar refractivity (Wildman–Crippen MR) is 47.9 cm³/mol. The molecule has 1 heterocycles. The number of nitrogens with zero attached hydrogens (tertiary/aromatic N) is 1. The molecule has 0 fully saturated rings. The summed E-state index contributed by atoms with van der Waals surface area (Å²) in [5, 5.41) is 3.12. The van der Waals surface area contributed by atoms with Gasteiger partial charge in [-0.2, -0.15) is 0 Å². The van der Waals surface area contributed by atoms with E-state index in [1.54, 1.807) is 6.20 Å². The summed E-state index contributed by atoms with van der Waals surface area (Å²) in [6.45, 7) is 0. The van der Waals surface area contributed by atoms with Gasteiger partial charge in [0.15, 0.2) is 0 Å². The first kappa shape index (κ1) is 9.52. The van der Waals surface area contributed by atoms with Crippen molar-refractivity contribution in [2.45, 2.75) is 0 Å². The third kappa shape index (κ3) is 1.97. The van der Waals surface area contributed by atoms with Crippen molar-refractivity contribution in [3.8, 4) is 0 Å². The quantitative estimate of drug-likeness (QED) is 0.500.